The van der Waals surface area contributed by atoms with Crippen molar-refractivity contribution in [1.82, 2.24) is 24.9 Å². The van der Waals surface area contributed by atoms with Gasteiger partial charge in [-0.25, -0.2) is 0 Å². The maximum atomic E-state index is 4.45. The second kappa shape index (κ2) is 41.8. The fourth-order valence-electron chi connectivity index (χ4n) is 11.1. The molecule has 0 spiro atoms. The van der Waals surface area contributed by atoms with Gasteiger partial charge in [-0.1, -0.05) is 245 Å². The zero-order chi connectivity index (χ0) is 66.3. The van der Waals surface area contributed by atoms with Crippen LogP contribution < -0.4 is 0 Å². The molecule has 10 aromatic carbocycles. The Morgan fingerprint density at radius 1 is 0.238 bits per heavy atom. The number of aryl methyl sites for hydroxylation is 5. The summed E-state index contributed by atoms with van der Waals surface area (Å²) in [5.41, 5.74) is 29.6. The molecule has 0 bridgehead atoms. The number of benzene rings is 10. The van der Waals surface area contributed by atoms with Gasteiger partial charge in [-0.3, -0.25) is 0 Å². The SMILES string of the molecule is Cc1c(-c2ccccn2)[c-]ccc1-c1ccccc1.Cc1cc(C)cc(-c2c[c-]c(-c3ccccn3)cc2)c1.Cc1cccnc1-c1[c-]cc(-c2ccccc2)cc1.Cc1cccnc1-c1[c-]ccc(-c2ccccc2)c1.Cc1ccnc(-c2[c-]ccc(-c3ccccc3)c2)c1.[Ir].[Ir].[Ir].[Ir].[Ir]. The van der Waals surface area contributed by atoms with Crippen LogP contribution in [0.3, 0.4) is 0 Å². The average Bonchev–Trinajstić information content (AvgIpc) is 0.893. The molecule has 5 radical (unpaired) electrons. The van der Waals surface area contributed by atoms with Crippen LogP contribution in [0.4, 0.5) is 0 Å². The monoisotopic (exact) mass is 2200 g/mol. The maximum absolute atomic E-state index is 4.45. The fraction of sp³-hybridized carbons (Fsp3) is 0.0659. The van der Waals surface area contributed by atoms with Crippen molar-refractivity contribution in [2.75, 3.05) is 0 Å². The molecule has 101 heavy (non-hydrogen) atoms. The van der Waals surface area contributed by atoms with E-state index in [1.807, 2.05) is 146 Å². The molecule has 0 aliphatic heterocycles. The van der Waals surface area contributed by atoms with Gasteiger partial charge in [0.05, 0.1) is 0 Å². The van der Waals surface area contributed by atoms with Gasteiger partial charge in [0.15, 0.2) is 0 Å². The number of hydrogen-bond donors (Lipinski definition) is 0. The molecule has 0 aliphatic carbocycles. The minimum atomic E-state index is 0. The van der Waals surface area contributed by atoms with Crippen LogP contribution in [0.15, 0.2) is 328 Å². The molecule has 10 heteroatoms. The molecule has 0 saturated heterocycles. The third-order valence-corrected chi connectivity index (χ3v) is 16.0. The Morgan fingerprint density at radius 2 is 0.673 bits per heavy atom. The molecule has 0 atom stereocenters. The van der Waals surface area contributed by atoms with Crippen LogP contribution in [0.5, 0.6) is 0 Å². The van der Waals surface area contributed by atoms with Gasteiger partial charge in [0.1, 0.15) is 0 Å². The summed E-state index contributed by atoms with van der Waals surface area (Å²) in [4.78, 5) is 22.0. The van der Waals surface area contributed by atoms with Gasteiger partial charge in [-0.2, -0.15) is 0 Å². The van der Waals surface area contributed by atoms with E-state index < -0.39 is 0 Å². The largest absolute Gasteiger partial charge is 0.305 e. The minimum absolute atomic E-state index is 0. The first-order chi connectivity index (χ1) is 47.1. The minimum Gasteiger partial charge on any atom is -0.305 e. The molecule has 5 aromatic heterocycles. The smallest absolute Gasteiger partial charge is 0.0163 e. The van der Waals surface area contributed by atoms with E-state index in [9.17, 15) is 0 Å². The predicted octanol–water partition coefficient (Wildman–Crippen LogP) is 22.9. The molecule has 511 valence electrons. The molecule has 0 amide bonds. The van der Waals surface area contributed by atoms with Crippen LogP contribution in [-0.4, -0.2) is 24.9 Å². The molecule has 0 fully saturated rings. The summed E-state index contributed by atoms with van der Waals surface area (Å²) in [5.74, 6) is 0. The van der Waals surface area contributed by atoms with Crippen LogP contribution in [0, 0.1) is 71.9 Å². The van der Waals surface area contributed by atoms with Crippen molar-refractivity contribution in [2.24, 2.45) is 0 Å². The van der Waals surface area contributed by atoms with E-state index in [-0.39, 0.29) is 101 Å². The Hall–Kier alpha value is -8.80. The second-order valence-electron chi connectivity index (χ2n) is 23.2. The van der Waals surface area contributed by atoms with E-state index in [0.29, 0.717) is 0 Å². The number of rotatable bonds is 10. The molecule has 15 rings (SSSR count). The van der Waals surface area contributed by atoms with Gasteiger partial charge < -0.3 is 24.9 Å². The fourth-order valence-corrected chi connectivity index (χ4v) is 11.1. The van der Waals surface area contributed by atoms with E-state index in [2.05, 4.69) is 273 Å². The van der Waals surface area contributed by atoms with E-state index in [1.54, 1.807) is 6.20 Å². The van der Waals surface area contributed by atoms with Gasteiger partial charge >= 0.3 is 0 Å². The van der Waals surface area contributed by atoms with Crippen molar-refractivity contribution >= 4 is 0 Å². The first-order valence-electron chi connectivity index (χ1n) is 32.1. The first-order valence-corrected chi connectivity index (χ1v) is 32.1. The van der Waals surface area contributed by atoms with Crippen molar-refractivity contribution in [1.29, 1.82) is 0 Å². The summed E-state index contributed by atoms with van der Waals surface area (Å²) in [7, 11) is 0. The Labute approximate surface area is 664 Å². The van der Waals surface area contributed by atoms with Gasteiger partial charge in [0, 0.05) is 132 Å². The topological polar surface area (TPSA) is 64.5 Å². The Bertz CT molecular complexity index is 4840. The maximum Gasteiger partial charge on any atom is 0.0163 e. The third kappa shape index (κ3) is 23.1. The van der Waals surface area contributed by atoms with E-state index >= 15 is 0 Å². The normalized spacial score (nSPS) is 9.88. The van der Waals surface area contributed by atoms with Crippen molar-refractivity contribution in [3.8, 4) is 112 Å². The average molecular weight is 2200 g/mol. The summed E-state index contributed by atoms with van der Waals surface area (Å²) in [5, 5.41) is 0. The summed E-state index contributed by atoms with van der Waals surface area (Å²) in [6, 6.07) is 118. The second-order valence-corrected chi connectivity index (χ2v) is 23.2. The van der Waals surface area contributed by atoms with Crippen molar-refractivity contribution < 1.29 is 101 Å². The molecule has 0 saturated carbocycles. The molecule has 0 aliphatic rings. The summed E-state index contributed by atoms with van der Waals surface area (Å²) in [6.07, 6.45) is 9.11. The number of nitrogens with zero attached hydrogens (tertiary/aromatic N) is 5. The van der Waals surface area contributed by atoms with Gasteiger partial charge in [0.25, 0.3) is 0 Å². The van der Waals surface area contributed by atoms with E-state index in [1.165, 1.54) is 89.0 Å². The van der Waals surface area contributed by atoms with Crippen LogP contribution in [0.2, 0.25) is 0 Å². The summed E-state index contributed by atoms with van der Waals surface area (Å²) in [6.45, 7) is 12.6. The summed E-state index contributed by atoms with van der Waals surface area (Å²) >= 11 is 0. The van der Waals surface area contributed by atoms with Crippen molar-refractivity contribution in [3.63, 3.8) is 0 Å². The van der Waals surface area contributed by atoms with Crippen molar-refractivity contribution in [3.05, 3.63) is 392 Å². The quantitative estimate of drug-likeness (QED) is 0.128. The first kappa shape index (κ1) is 81.2. The molecule has 0 N–H and O–H groups in total. The number of pyridine rings is 5. The van der Waals surface area contributed by atoms with Gasteiger partial charge in [0.2, 0.25) is 0 Å². The Morgan fingerprint density at radius 3 is 1.17 bits per heavy atom. The van der Waals surface area contributed by atoms with Gasteiger partial charge in [-0.05, 0) is 110 Å². The molecule has 15 aromatic rings. The van der Waals surface area contributed by atoms with Crippen molar-refractivity contribution in [2.45, 2.75) is 41.5 Å². The zero-order valence-electron chi connectivity index (χ0n) is 56.6. The Kier molecular flexibility index (Phi) is 33.6. The van der Waals surface area contributed by atoms with E-state index in [0.717, 1.165) is 56.3 Å². The Balaban J connectivity index is 0.000000196. The zero-order valence-corrected chi connectivity index (χ0v) is 68.6. The molecule has 5 nitrogen and oxygen atoms in total. The van der Waals surface area contributed by atoms with Crippen LogP contribution in [0.25, 0.3) is 112 Å². The van der Waals surface area contributed by atoms with Crippen LogP contribution in [-0.2, 0) is 101 Å². The number of hydrogen-bond acceptors (Lipinski definition) is 5. The molecule has 0 unspecified atom stereocenters. The molecular weight excluding hydrogens is 2120 g/mol. The van der Waals surface area contributed by atoms with Gasteiger partial charge in [-0.15, -0.1) is 160 Å². The standard InChI is InChI=1S/C19H16N.4C18H14N.5Ir/c1-14-11-15(2)13-18(12-14)16-6-8-17(9-7-16)19-5-3-4-10-20-19;1-14-7-6-12-19-18(14)17-11-5-10-16(13-17)15-8-3-2-4-9-15;1-14-16(15-8-3-2-4-9-15)10-7-11-17(14)18-12-5-6-13-19-18;1-14-6-5-13-19-18(14)17-11-9-16(10-12-17)15-7-3-2-4-8-15;1-14-10-11-19-18(12-14)17-9-5-8-16(13-17)15-6-3-2-4-7-15;;;;;/h3-8,10-13H,1-2H3;2*2-10,12-13H,1H3;2-11,13H,1H3;2-8,10-13H,1H3;;;;;/q5*-1;;;;;. The predicted molar refractivity (Wildman–Crippen MR) is 398 cm³/mol. The van der Waals surface area contributed by atoms with Crippen LogP contribution in [0.1, 0.15) is 33.4 Å². The van der Waals surface area contributed by atoms with E-state index in [4.69, 9.17) is 0 Å². The van der Waals surface area contributed by atoms with Crippen LogP contribution >= 0.6 is 0 Å². The molecule has 5 heterocycles. The third-order valence-electron chi connectivity index (χ3n) is 16.0. The summed E-state index contributed by atoms with van der Waals surface area (Å²) < 4.78 is 0. The molecular formula is C91H72Ir5N5-5. The number of aromatic nitrogens is 5.